The summed E-state index contributed by atoms with van der Waals surface area (Å²) in [5, 5.41) is 0. The van der Waals surface area contributed by atoms with Crippen LogP contribution in [0.5, 0.6) is 0 Å². The molecule has 1 amide bonds. The van der Waals surface area contributed by atoms with Crippen molar-refractivity contribution in [1.29, 1.82) is 0 Å². The molecule has 2 fully saturated rings. The SMILES string of the molecule is CC(C)CCN(C(=O)CC1CCC(N)CC1)C1CCCC1. The Morgan fingerprint density at radius 3 is 2.29 bits per heavy atom. The second-order valence-corrected chi connectivity index (χ2v) is 7.69. The molecule has 2 N–H and O–H groups in total. The van der Waals surface area contributed by atoms with Crippen molar-refractivity contribution < 1.29 is 4.79 Å². The Balaban J connectivity index is 1.86. The largest absolute Gasteiger partial charge is 0.340 e. The summed E-state index contributed by atoms with van der Waals surface area (Å²) < 4.78 is 0. The lowest BCUT2D eigenvalue weighted by molar-refractivity contribution is -0.135. The summed E-state index contributed by atoms with van der Waals surface area (Å²) in [6.07, 6.45) is 11.5. The highest BCUT2D eigenvalue weighted by Gasteiger charge is 2.29. The third-order valence-electron chi connectivity index (χ3n) is 5.39. The van der Waals surface area contributed by atoms with E-state index in [-0.39, 0.29) is 0 Å². The molecule has 3 nitrogen and oxygen atoms in total. The molecule has 2 saturated carbocycles. The molecule has 0 bridgehead atoms. The summed E-state index contributed by atoms with van der Waals surface area (Å²) >= 11 is 0. The minimum atomic E-state index is 0.378. The number of carbonyl (C=O) groups excluding carboxylic acids is 1. The summed E-state index contributed by atoms with van der Waals surface area (Å²) in [6, 6.07) is 0.908. The summed E-state index contributed by atoms with van der Waals surface area (Å²) in [7, 11) is 0. The molecule has 122 valence electrons. The van der Waals surface area contributed by atoms with E-state index in [4.69, 9.17) is 5.73 Å². The third kappa shape index (κ3) is 5.28. The number of hydrogen-bond acceptors (Lipinski definition) is 2. The smallest absolute Gasteiger partial charge is 0.223 e. The van der Waals surface area contributed by atoms with Gasteiger partial charge in [-0.3, -0.25) is 4.79 Å². The molecule has 0 atom stereocenters. The first-order chi connectivity index (χ1) is 10.1. The van der Waals surface area contributed by atoms with Crippen LogP contribution in [0.3, 0.4) is 0 Å². The highest BCUT2D eigenvalue weighted by atomic mass is 16.2. The van der Waals surface area contributed by atoms with Gasteiger partial charge in [-0.2, -0.15) is 0 Å². The molecule has 0 radical (unpaired) electrons. The van der Waals surface area contributed by atoms with E-state index < -0.39 is 0 Å². The lowest BCUT2D eigenvalue weighted by atomic mass is 9.84. The van der Waals surface area contributed by atoms with E-state index in [1.807, 2.05) is 0 Å². The average molecular weight is 294 g/mol. The molecule has 0 aliphatic heterocycles. The van der Waals surface area contributed by atoms with Crippen LogP contribution in [-0.2, 0) is 4.79 Å². The van der Waals surface area contributed by atoms with Gasteiger partial charge in [0.05, 0.1) is 0 Å². The number of nitrogens with zero attached hydrogens (tertiary/aromatic N) is 1. The lowest BCUT2D eigenvalue weighted by Crippen LogP contribution is -2.41. The minimum Gasteiger partial charge on any atom is -0.340 e. The van der Waals surface area contributed by atoms with Crippen LogP contribution in [0.25, 0.3) is 0 Å². The predicted octanol–water partition coefficient (Wildman–Crippen LogP) is 3.71. The maximum atomic E-state index is 12.8. The molecule has 0 unspecified atom stereocenters. The zero-order chi connectivity index (χ0) is 15.2. The van der Waals surface area contributed by atoms with Crippen LogP contribution in [0.2, 0.25) is 0 Å². The van der Waals surface area contributed by atoms with E-state index in [1.54, 1.807) is 0 Å². The standard InChI is InChI=1S/C18H34N2O/c1-14(2)11-12-20(17-5-3-4-6-17)18(21)13-15-7-9-16(19)10-8-15/h14-17H,3-13,19H2,1-2H3. The number of carbonyl (C=O) groups is 1. The Morgan fingerprint density at radius 2 is 1.71 bits per heavy atom. The van der Waals surface area contributed by atoms with E-state index in [1.165, 1.54) is 25.7 Å². The third-order valence-corrected chi connectivity index (χ3v) is 5.39. The minimum absolute atomic E-state index is 0.378. The van der Waals surface area contributed by atoms with Gasteiger partial charge in [-0.1, -0.05) is 26.7 Å². The van der Waals surface area contributed by atoms with E-state index in [0.717, 1.165) is 45.1 Å². The number of amides is 1. The van der Waals surface area contributed by atoms with Crippen molar-refractivity contribution in [3.63, 3.8) is 0 Å². The maximum Gasteiger partial charge on any atom is 0.223 e. The van der Waals surface area contributed by atoms with Crippen molar-refractivity contribution in [3.8, 4) is 0 Å². The van der Waals surface area contributed by atoms with Crippen LogP contribution in [-0.4, -0.2) is 29.4 Å². The first-order valence-electron chi connectivity index (χ1n) is 9.11. The van der Waals surface area contributed by atoms with Gasteiger partial charge in [-0.15, -0.1) is 0 Å². The molecular weight excluding hydrogens is 260 g/mol. The van der Waals surface area contributed by atoms with Crippen LogP contribution in [0.4, 0.5) is 0 Å². The zero-order valence-electron chi connectivity index (χ0n) is 14.0. The summed E-state index contributed by atoms with van der Waals surface area (Å²) in [5.74, 6) is 1.68. The van der Waals surface area contributed by atoms with Gasteiger partial charge < -0.3 is 10.6 Å². The normalized spacial score (nSPS) is 27.2. The van der Waals surface area contributed by atoms with Gasteiger partial charge in [0.2, 0.25) is 5.91 Å². The molecular formula is C18H34N2O. The Hall–Kier alpha value is -0.570. The highest BCUT2D eigenvalue weighted by Crippen LogP contribution is 2.29. The van der Waals surface area contributed by atoms with Crippen LogP contribution in [0, 0.1) is 11.8 Å². The lowest BCUT2D eigenvalue weighted by Gasteiger charge is -2.33. The van der Waals surface area contributed by atoms with E-state index >= 15 is 0 Å². The molecule has 0 heterocycles. The van der Waals surface area contributed by atoms with Gasteiger partial charge in [0, 0.05) is 25.0 Å². The predicted molar refractivity (Wildman–Crippen MR) is 88.0 cm³/mol. The average Bonchev–Trinajstić information content (AvgIpc) is 2.95. The van der Waals surface area contributed by atoms with Gasteiger partial charge in [0.25, 0.3) is 0 Å². The maximum absolute atomic E-state index is 12.8. The Bertz CT molecular complexity index is 315. The van der Waals surface area contributed by atoms with Gasteiger partial charge in [0.15, 0.2) is 0 Å². The van der Waals surface area contributed by atoms with Crippen molar-refractivity contribution in [1.82, 2.24) is 4.90 Å². The molecule has 0 spiro atoms. The summed E-state index contributed by atoms with van der Waals surface area (Å²) in [6.45, 7) is 5.47. The fraction of sp³-hybridized carbons (Fsp3) is 0.944. The zero-order valence-corrected chi connectivity index (χ0v) is 14.0. The van der Waals surface area contributed by atoms with Crippen molar-refractivity contribution in [3.05, 3.63) is 0 Å². The highest BCUT2D eigenvalue weighted by molar-refractivity contribution is 5.76. The van der Waals surface area contributed by atoms with Crippen LogP contribution < -0.4 is 5.73 Å². The topological polar surface area (TPSA) is 46.3 Å². The van der Waals surface area contributed by atoms with Gasteiger partial charge in [-0.05, 0) is 56.8 Å². The molecule has 2 aliphatic rings. The van der Waals surface area contributed by atoms with E-state index in [0.29, 0.717) is 29.8 Å². The first-order valence-corrected chi connectivity index (χ1v) is 9.11. The number of hydrogen-bond donors (Lipinski definition) is 1. The summed E-state index contributed by atoms with van der Waals surface area (Å²) in [5.41, 5.74) is 5.97. The van der Waals surface area contributed by atoms with Crippen molar-refractivity contribution in [2.75, 3.05) is 6.54 Å². The Kier molecular flexibility index (Phi) is 6.53. The molecule has 0 aromatic heterocycles. The van der Waals surface area contributed by atoms with Gasteiger partial charge in [-0.25, -0.2) is 0 Å². The van der Waals surface area contributed by atoms with Crippen molar-refractivity contribution >= 4 is 5.91 Å². The molecule has 2 rings (SSSR count). The van der Waals surface area contributed by atoms with E-state index in [9.17, 15) is 4.79 Å². The van der Waals surface area contributed by atoms with Gasteiger partial charge >= 0.3 is 0 Å². The second-order valence-electron chi connectivity index (χ2n) is 7.69. The Labute approximate surface area is 130 Å². The Morgan fingerprint density at radius 1 is 1.10 bits per heavy atom. The summed E-state index contributed by atoms with van der Waals surface area (Å²) in [4.78, 5) is 15.0. The van der Waals surface area contributed by atoms with E-state index in [2.05, 4.69) is 18.7 Å². The number of nitrogens with two attached hydrogens (primary N) is 1. The van der Waals surface area contributed by atoms with Gasteiger partial charge in [0.1, 0.15) is 0 Å². The van der Waals surface area contributed by atoms with Crippen LogP contribution >= 0.6 is 0 Å². The first kappa shape index (κ1) is 16.8. The molecule has 0 saturated heterocycles. The fourth-order valence-corrected chi connectivity index (χ4v) is 3.88. The van der Waals surface area contributed by atoms with Crippen LogP contribution in [0.1, 0.15) is 78.1 Å². The monoisotopic (exact) mass is 294 g/mol. The molecule has 21 heavy (non-hydrogen) atoms. The fourth-order valence-electron chi connectivity index (χ4n) is 3.88. The van der Waals surface area contributed by atoms with Crippen LogP contribution in [0.15, 0.2) is 0 Å². The number of rotatable bonds is 6. The van der Waals surface area contributed by atoms with Crippen molar-refractivity contribution in [2.45, 2.75) is 90.1 Å². The molecule has 0 aromatic carbocycles. The second kappa shape index (κ2) is 8.17. The molecule has 0 aromatic rings. The molecule has 2 aliphatic carbocycles. The quantitative estimate of drug-likeness (QED) is 0.811. The molecule has 3 heteroatoms. The van der Waals surface area contributed by atoms with Crippen molar-refractivity contribution in [2.24, 2.45) is 17.6 Å².